The van der Waals surface area contributed by atoms with E-state index in [1.807, 2.05) is 6.92 Å². The average molecular weight is 447 g/mol. The molecule has 0 atom stereocenters. The minimum absolute atomic E-state index is 0.125. The molecule has 0 fully saturated rings. The molecule has 7 nitrogen and oxygen atoms in total. The van der Waals surface area contributed by atoms with E-state index in [1.165, 1.54) is 22.8 Å². The van der Waals surface area contributed by atoms with Gasteiger partial charge in [0.15, 0.2) is 5.82 Å². The third kappa shape index (κ3) is 4.97. The molecule has 0 unspecified atom stereocenters. The zero-order valence-electron chi connectivity index (χ0n) is 16.7. The van der Waals surface area contributed by atoms with Gasteiger partial charge in [-0.3, -0.25) is 9.52 Å². The second-order valence-corrected chi connectivity index (χ2v) is 8.22. The summed E-state index contributed by atoms with van der Waals surface area (Å²) in [5.74, 6) is -2.19. The maximum atomic E-state index is 14.1. The Kier molecular flexibility index (Phi) is 6.21. The molecule has 3 aromatic rings. The number of hydrogen-bond acceptors (Lipinski definition) is 5. The van der Waals surface area contributed by atoms with Crippen molar-refractivity contribution in [1.82, 2.24) is 9.55 Å². The first-order valence-electron chi connectivity index (χ1n) is 9.11. The van der Waals surface area contributed by atoms with Crippen molar-refractivity contribution in [3.63, 3.8) is 0 Å². The summed E-state index contributed by atoms with van der Waals surface area (Å²) in [6.07, 6.45) is 2.82. The SMILES string of the molecule is C=CS(=O)(=O)Nc1ccc(Oc2ncc(F)cc2F)c(-c2cc(CC)c(=O)n(C)c2)c1. The highest BCUT2D eigenvalue weighted by Gasteiger charge is 2.16. The van der Waals surface area contributed by atoms with Crippen LogP contribution in [0, 0.1) is 11.6 Å². The van der Waals surface area contributed by atoms with Crippen molar-refractivity contribution >= 4 is 15.7 Å². The van der Waals surface area contributed by atoms with Crippen molar-refractivity contribution in [2.45, 2.75) is 13.3 Å². The maximum absolute atomic E-state index is 14.1. The van der Waals surface area contributed by atoms with E-state index in [2.05, 4.69) is 16.3 Å². The highest BCUT2D eigenvalue weighted by Crippen LogP contribution is 2.36. The van der Waals surface area contributed by atoms with E-state index in [9.17, 15) is 22.0 Å². The largest absolute Gasteiger partial charge is 0.436 e. The van der Waals surface area contributed by atoms with Crippen LogP contribution in [0.4, 0.5) is 14.5 Å². The summed E-state index contributed by atoms with van der Waals surface area (Å²) < 4.78 is 60.3. The zero-order chi connectivity index (χ0) is 22.8. The molecule has 0 saturated carbocycles. The molecule has 0 saturated heterocycles. The van der Waals surface area contributed by atoms with Crippen LogP contribution in [0.15, 0.2) is 59.5 Å². The van der Waals surface area contributed by atoms with Gasteiger partial charge in [-0.05, 0) is 30.7 Å². The van der Waals surface area contributed by atoms with Crippen LogP contribution in [0.2, 0.25) is 0 Å². The third-order valence-electron chi connectivity index (χ3n) is 4.39. The number of nitrogens with one attached hydrogen (secondary N) is 1. The first kappa shape index (κ1) is 22.2. The molecule has 1 N–H and O–H groups in total. The molecule has 10 heteroatoms. The predicted octanol–water partition coefficient (Wildman–Crippen LogP) is 3.97. The van der Waals surface area contributed by atoms with Crippen LogP contribution in [0.5, 0.6) is 11.6 Å². The van der Waals surface area contributed by atoms with Crippen LogP contribution in [0.1, 0.15) is 12.5 Å². The number of aromatic nitrogens is 2. The van der Waals surface area contributed by atoms with Gasteiger partial charge in [-0.25, -0.2) is 22.2 Å². The molecule has 0 aliphatic carbocycles. The first-order chi connectivity index (χ1) is 14.6. The first-order valence-corrected chi connectivity index (χ1v) is 10.7. The molecule has 162 valence electrons. The lowest BCUT2D eigenvalue weighted by Crippen LogP contribution is -2.20. The molecule has 0 radical (unpaired) electrons. The quantitative estimate of drug-likeness (QED) is 0.592. The number of ether oxygens (including phenoxy) is 1. The van der Waals surface area contributed by atoms with Crippen molar-refractivity contribution in [1.29, 1.82) is 0 Å². The molecule has 2 heterocycles. The van der Waals surface area contributed by atoms with Gasteiger partial charge < -0.3 is 9.30 Å². The minimum Gasteiger partial charge on any atom is -0.436 e. The van der Waals surface area contributed by atoms with Crippen LogP contribution in [0.3, 0.4) is 0 Å². The predicted molar refractivity (Wildman–Crippen MR) is 113 cm³/mol. The maximum Gasteiger partial charge on any atom is 0.256 e. The molecule has 31 heavy (non-hydrogen) atoms. The molecule has 3 rings (SSSR count). The molecule has 1 aromatic carbocycles. The highest BCUT2D eigenvalue weighted by molar-refractivity contribution is 7.95. The summed E-state index contributed by atoms with van der Waals surface area (Å²) >= 11 is 0. The Hall–Kier alpha value is -3.53. The van der Waals surface area contributed by atoms with Gasteiger partial charge in [0.1, 0.15) is 11.6 Å². The highest BCUT2D eigenvalue weighted by atomic mass is 32.2. The number of sulfonamides is 1. The molecular formula is C21H19F2N3O4S. The van der Waals surface area contributed by atoms with Gasteiger partial charge in [0.2, 0.25) is 0 Å². The Morgan fingerprint density at radius 3 is 2.65 bits per heavy atom. The summed E-state index contributed by atoms with van der Waals surface area (Å²) in [6.45, 7) is 5.07. The van der Waals surface area contributed by atoms with E-state index < -0.39 is 27.5 Å². The Morgan fingerprint density at radius 2 is 2.00 bits per heavy atom. The van der Waals surface area contributed by atoms with Crippen molar-refractivity contribution < 1.29 is 21.9 Å². The fourth-order valence-corrected chi connectivity index (χ4v) is 3.42. The standard InChI is InChI=1S/C21H19F2N3O4S/c1-4-13-8-14(12-26(3)21(13)27)17-10-16(25-31(28,29)5-2)6-7-19(17)30-20-18(23)9-15(22)11-24-20/h5-12,25H,2,4H2,1,3H3. The number of halogens is 2. The van der Waals surface area contributed by atoms with Crippen LogP contribution < -0.4 is 15.0 Å². The monoisotopic (exact) mass is 447 g/mol. The lowest BCUT2D eigenvalue weighted by atomic mass is 10.0. The van der Waals surface area contributed by atoms with Gasteiger partial charge in [0.25, 0.3) is 21.5 Å². The molecule has 0 aliphatic heterocycles. The summed E-state index contributed by atoms with van der Waals surface area (Å²) in [4.78, 5) is 15.9. The van der Waals surface area contributed by atoms with E-state index in [4.69, 9.17) is 4.74 Å². The van der Waals surface area contributed by atoms with Crippen LogP contribution in [-0.2, 0) is 23.5 Å². The van der Waals surface area contributed by atoms with Crippen molar-refractivity contribution in [2.75, 3.05) is 4.72 Å². The zero-order valence-corrected chi connectivity index (χ0v) is 17.5. The third-order valence-corrected chi connectivity index (χ3v) is 5.35. The van der Waals surface area contributed by atoms with E-state index >= 15 is 0 Å². The van der Waals surface area contributed by atoms with Gasteiger partial charge in [-0.15, -0.1) is 0 Å². The number of benzene rings is 1. The fourth-order valence-electron chi connectivity index (χ4n) is 2.88. The summed E-state index contributed by atoms with van der Waals surface area (Å²) in [6, 6.07) is 6.57. The summed E-state index contributed by atoms with van der Waals surface area (Å²) in [5, 5.41) is 0.760. The normalized spacial score (nSPS) is 11.2. The van der Waals surface area contributed by atoms with E-state index in [0.29, 0.717) is 29.2 Å². The molecule has 0 spiro atoms. The van der Waals surface area contributed by atoms with E-state index in [1.54, 1.807) is 19.3 Å². The van der Waals surface area contributed by atoms with E-state index in [0.717, 1.165) is 11.6 Å². The van der Waals surface area contributed by atoms with Gasteiger partial charge in [-0.1, -0.05) is 13.5 Å². The lowest BCUT2D eigenvalue weighted by Gasteiger charge is -2.15. The summed E-state index contributed by atoms with van der Waals surface area (Å²) in [5.41, 5.74) is 1.43. The molecule has 2 aromatic heterocycles. The summed E-state index contributed by atoms with van der Waals surface area (Å²) in [7, 11) is -2.20. The smallest absolute Gasteiger partial charge is 0.256 e. The second kappa shape index (κ2) is 8.68. The number of hydrogen-bond donors (Lipinski definition) is 1. The van der Waals surface area contributed by atoms with Crippen molar-refractivity contribution in [3.05, 3.63) is 82.3 Å². The van der Waals surface area contributed by atoms with Crippen molar-refractivity contribution in [3.8, 4) is 22.8 Å². The Morgan fingerprint density at radius 1 is 1.26 bits per heavy atom. The van der Waals surface area contributed by atoms with E-state index in [-0.39, 0.29) is 17.0 Å². The average Bonchev–Trinajstić information content (AvgIpc) is 2.72. The number of rotatable bonds is 7. The van der Waals surface area contributed by atoms with Gasteiger partial charge in [0.05, 0.1) is 6.20 Å². The topological polar surface area (TPSA) is 90.3 Å². The van der Waals surface area contributed by atoms with Crippen LogP contribution >= 0.6 is 0 Å². The number of anilines is 1. The molecule has 0 amide bonds. The number of aryl methyl sites for hydroxylation is 2. The molecule has 0 aliphatic rings. The Balaban J connectivity index is 2.18. The Labute approximate surface area is 177 Å². The van der Waals surface area contributed by atoms with Gasteiger partial charge in [-0.2, -0.15) is 0 Å². The van der Waals surface area contributed by atoms with Crippen LogP contribution in [-0.4, -0.2) is 18.0 Å². The molecule has 0 bridgehead atoms. The van der Waals surface area contributed by atoms with Crippen LogP contribution in [0.25, 0.3) is 11.1 Å². The minimum atomic E-state index is -3.78. The van der Waals surface area contributed by atoms with Gasteiger partial charge in [0, 0.05) is 47.1 Å². The fraction of sp³-hybridized carbons (Fsp3) is 0.143. The number of nitrogens with zero attached hydrogens (tertiary/aromatic N) is 2. The number of pyridine rings is 2. The van der Waals surface area contributed by atoms with Crippen molar-refractivity contribution in [2.24, 2.45) is 7.05 Å². The van der Waals surface area contributed by atoms with Gasteiger partial charge >= 0.3 is 0 Å². The second-order valence-electron chi connectivity index (χ2n) is 6.59. The Bertz CT molecular complexity index is 1320. The lowest BCUT2D eigenvalue weighted by molar-refractivity contribution is 0.418. The molecular weight excluding hydrogens is 428 g/mol.